The summed E-state index contributed by atoms with van der Waals surface area (Å²) in [6.07, 6.45) is 1.20. The Hall–Kier alpha value is -2.74. The summed E-state index contributed by atoms with van der Waals surface area (Å²) in [5.41, 5.74) is 2.80. The van der Waals surface area contributed by atoms with Crippen molar-refractivity contribution in [2.75, 3.05) is 0 Å². The predicted octanol–water partition coefficient (Wildman–Crippen LogP) is 8.07. The molecule has 0 N–H and O–H groups in total. The highest BCUT2D eigenvalue weighted by Crippen LogP contribution is 2.47. The van der Waals surface area contributed by atoms with Gasteiger partial charge in [-0.05, 0) is 60.7 Å². The molecule has 3 aromatic carbocycles. The first-order chi connectivity index (χ1) is 15.5. The van der Waals surface area contributed by atoms with Gasteiger partial charge >= 0.3 is 0 Å². The van der Waals surface area contributed by atoms with Crippen molar-refractivity contribution < 1.29 is 13.5 Å². The average molecular weight is 530 g/mol. The van der Waals surface area contributed by atoms with Gasteiger partial charge in [-0.3, -0.25) is 4.57 Å². The van der Waals surface area contributed by atoms with E-state index >= 15 is 4.39 Å². The lowest BCUT2D eigenvalue weighted by atomic mass is 10.1. The monoisotopic (exact) mass is 528 g/mol. The van der Waals surface area contributed by atoms with E-state index in [4.69, 9.17) is 16.3 Å². The van der Waals surface area contributed by atoms with Crippen LogP contribution in [0.15, 0.2) is 71.3 Å². The molecule has 0 saturated carbocycles. The molecule has 6 rings (SSSR count). The number of benzene rings is 3. The van der Waals surface area contributed by atoms with E-state index in [1.54, 1.807) is 30.5 Å². The zero-order chi connectivity index (χ0) is 22.0. The van der Waals surface area contributed by atoms with Gasteiger partial charge in [-0.2, -0.15) is 0 Å². The molecule has 1 atom stereocenters. The summed E-state index contributed by atoms with van der Waals surface area (Å²) in [5, 5.41) is 2.24. The number of fused-ring (bicyclic) bond motifs is 5. The van der Waals surface area contributed by atoms with Gasteiger partial charge in [-0.1, -0.05) is 27.5 Å². The minimum atomic E-state index is -0.545. The molecular formula is C24H12BrClF2N2OS. The van der Waals surface area contributed by atoms with E-state index in [0.717, 1.165) is 26.4 Å². The molecule has 3 nitrogen and oxygen atoms in total. The normalized spacial score (nSPS) is 14.8. The molecule has 0 saturated heterocycles. The molecule has 5 aromatic rings. The summed E-state index contributed by atoms with van der Waals surface area (Å²) in [7, 11) is 0. The van der Waals surface area contributed by atoms with Crippen LogP contribution < -0.4 is 4.74 Å². The summed E-state index contributed by atoms with van der Waals surface area (Å²) in [4.78, 5) is 5.37. The second kappa shape index (κ2) is 7.40. The second-order valence-corrected chi connectivity index (χ2v) is 9.82. The zero-order valence-electron chi connectivity index (χ0n) is 16.2. The van der Waals surface area contributed by atoms with Crippen LogP contribution in [0.4, 0.5) is 8.78 Å². The van der Waals surface area contributed by atoms with Crippen LogP contribution in [-0.2, 0) is 0 Å². The Morgan fingerprint density at radius 1 is 1.03 bits per heavy atom. The maximum Gasteiger partial charge on any atom is 0.213 e. The van der Waals surface area contributed by atoms with E-state index in [9.17, 15) is 4.39 Å². The molecule has 0 amide bonds. The number of rotatable bonds is 2. The first-order valence-corrected chi connectivity index (χ1v) is 11.6. The summed E-state index contributed by atoms with van der Waals surface area (Å²) in [6, 6.07) is 16.9. The molecule has 3 heterocycles. The summed E-state index contributed by atoms with van der Waals surface area (Å²) < 4.78 is 37.2. The third kappa shape index (κ3) is 3.15. The molecule has 0 radical (unpaired) electrons. The van der Waals surface area contributed by atoms with Crippen LogP contribution in [0.1, 0.15) is 11.1 Å². The Balaban J connectivity index is 1.56. The summed E-state index contributed by atoms with van der Waals surface area (Å²) >= 11 is 11.0. The Morgan fingerprint density at radius 3 is 2.66 bits per heavy atom. The van der Waals surface area contributed by atoms with Crippen molar-refractivity contribution >= 4 is 49.8 Å². The van der Waals surface area contributed by atoms with Gasteiger partial charge in [-0.25, -0.2) is 13.8 Å². The number of aromatic nitrogens is 2. The van der Waals surface area contributed by atoms with E-state index in [2.05, 4.69) is 20.9 Å². The second-order valence-electron chi connectivity index (χ2n) is 7.41. The molecule has 8 heteroatoms. The quantitative estimate of drug-likeness (QED) is 0.231. The number of halogens is 4. The average Bonchev–Trinajstić information content (AvgIpc) is 3.38. The molecule has 2 aromatic heterocycles. The van der Waals surface area contributed by atoms with Gasteiger partial charge in [0.25, 0.3) is 0 Å². The molecule has 32 heavy (non-hydrogen) atoms. The maximum atomic E-state index is 15.0. The predicted molar refractivity (Wildman–Crippen MR) is 126 cm³/mol. The maximum absolute atomic E-state index is 15.0. The first-order valence-electron chi connectivity index (χ1n) is 9.66. The number of hydrogen-bond donors (Lipinski definition) is 0. The molecular weight excluding hydrogens is 518 g/mol. The molecule has 158 valence electrons. The fraction of sp³-hybridized carbons (Fsp3) is 0.0417. The van der Waals surface area contributed by atoms with E-state index in [1.807, 2.05) is 22.8 Å². The smallest absolute Gasteiger partial charge is 0.213 e. The van der Waals surface area contributed by atoms with E-state index in [0.29, 0.717) is 26.5 Å². The summed E-state index contributed by atoms with van der Waals surface area (Å²) in [5.74, 6) is -0.230. The third-order valence-electron chi connectivity index (χ3n) is 5.41. The van der Waals surface area contributed by atoms with Crippen molar-refractivity contribution in [1.82, 2.24) is 9.55 Å². The SMILES string of the molecule is Fc1ccc(-c2ncc(C3Oc4cc(Br)cc(F)c4-c4cc5cc(Cl)ccc5n43)s2)cc1. The van der Waals surface area contributed by atoms with E-state index < -0.39 is 6.23 Å². The van der Waals surface area contributed by atoms with Gasteiger partial charge in [0.15, 0.2) is 0 Å². The lowest BCUT2D eigenvalue weighted by Gasteiger charge is -2.29. The standard InChI is InChI=1S/C24H12BrClF2N2OS/c25-14-9-17(28)22-19-8-13-7-15(26)3-6-18(13)30(19)24(31-20(22)10-14)21-11-29-23(32-21)12-1-4-16(27)5-2-12/h1-11,24H. The van der Waals surface area contributed by atoms with Crippen LogP contribution in [0.3, 0.4) is 0 Å². The van der Waals surface area contributed by atoms with Gasteiger partial charge < -0.3 is 4.74 Å². The van der Waals surface area contributed by atoms with E-state index in [1.165, 1.54) is 29.5 Å². The number of hydrogen-bond acceptors (Lipinski definition) is 3. The molecule has 1 aliphatic rings. The van der Waals surface area contributed by atoms with Crippen molar-refractivity contribution in [3.63, 3.8) is 0 Å². The van der Waals surface area contributed by atoms with Crippen LogP contribution in [-0.4, -0.2) is 9.55 Å². The van der Waals surface area contributed by atoms with Gasteiger partial charge in [0.2, 0.25) is 6.23 Å². The van der Waals surface area contributed by atoms with Crippen LogP contribution in [0.2, 0.25) is 5.02 Å². The van der Waals surface area contributed by atoms with E-state index in [-0.39, 0.29) is 11.6 Å². The topological polar surface area (TPSA) is 27.1 Å². The van der Waals surface area contributed by atoms with Gasteiger partial charge in [-0.15, -0.1) is 11.3 Å². The Kier molecular flexibility index (Phi) is 4.61. The number of nitrogens with zero attached hydrogens (tertiary/aromatic N) is 2. The van der Waals surface area contributed by atoms with Gasteiger partial charge in [0.05, 0.1) is 21.7 Å². The number of thiazole rings is 1. The molecule has 1 aliphatic heterocycles. The van der Waals surface area contributed by atoms with Crippen molar-refractivity contribution in [3.05, 3.63) is 92.9 Å². The van der Waals surface area contributed by atoms with Crippen molar-refractivity contribution in [3.8, 4) is 27.6 Å². The van der Waals surface area contributed by atoms with Crippen molar-refractivity contribution in [1.29, 1.82) is 0 Å². The third-order valence-corrected chi connectivity index (χ3v) is 7.18. The highest BCUT2D eigenvalue weighted by Gasteiger charge is 2.32. The van der Waals surface area contributed by atoms with Gasteiger partial charge in [0.1, 0.15) is 22.4 Å². The van der Waals surface area contributed by atoms with Crippen LogP contribution in [0.5, 0.6) is 5.75 Å². The molecule has 0 fully saturated rings. The summed E-state index contributed by atoms with van der Waals surface area (Å²) in [6.45, 7) is 0. The van der Waals surface area contributed by atoms with Gasteiger partial charge in [0, 0.05) is 26.6 Å². The molecule has 0 bridgehead atoms. The van der Waals surface area contributed by atoms with Crippen LogP contribution in [0.25, 0.3) is 32.7 Å². The van der Waals surface area contributed by atoms with Crippen LogP contribution >= 0.6 is 38.9 Å². The largest absolute Gasteiger partial charge is 0.464 e. The minimum Gasteiger partial charge on any atom is -0.464 e. The minimum absolute atomic E-state index is 0.299. The first kappa shape index (κ1) is 19.9. The van der Waals surface area contributed by atoms with Crippen molar-refractivity contribution in [2.24, 2.45) is 0 Å². The molecule has 0 aliphatic carbocycles. The Morgan fingerprint density at radius 2 is 1.84 bits per heavy atom. The lowest BCUT2D eigenvalue weighted by Crippen LogP contribution is -2.22. The molecule has 1 unspecified atom stereocenters. The fourth-order valence-corrected chi connectivity index (χ4v) is 5.56. The number of ether oxygens (including phenoxy) is 1. The van der Waals surface area contributed by atoms with Crippen LogP contribution in [0, 0.1) is 11.6 Å². The van der Waals surface area contributed by atoms with Crippen molar-refractivity contribution in [2.45, 2.75) is 6.23 Å². The highest BCUT2D eigenvalue weighted by atomic mass is 79.9. The Labute approximate surface area is 199 Å². The fourth-order valence-electron chi connectivity index (χ4n) is 4.03. The highest BCUT2D eigenvalue weighted by molar-refractivity contribution is 9.10. The lowest BCUT2D eigenvalue weighted by molar-refractivity contribution is 0.175. The zero-order valence-corrected chi connectivity index (χ0v) is 19.3. The molecule has 0 spiro atoms. The Bertz CT molecular complexity index is 1510.